The second kappa shape index (κ2) is 8.05. The highest BCUT2D eigenvalue weighted by Gasteiger charge is 2.04. The average Bonchev–Trinajstić information content (AvgIpc) is 1.88. The van der Waals surface area contributed by atoms with Gasteiger partial charge >= 0.3 is 23.9 Å². The molecule has 0 rings (SSSR count). The van der Waals surface area contributed by atoms with Crippen molar-refractivity contribution in [2.45, 2.75) is 0 Å². The Morgan fingerprint density at radius 3 is 0.615 bits per heavy atom. The smallest absolute Gasteiger partial charge is 0.414 e. The van der Waals surface area contributed by atoms with Gasteiger partial charge in [-0.05, 0) is 0 Å². The fourth-order valence-corrected chi connectivity index (χ4v) is 0. The number of rotatable bonds is 0. The lowest BCUT2D eigenvalue weighted by atomic mass is 10.7. The fourth-order valence-electron chi connectivity index (χ4n) is 0. The van der Waals surface area contributed by atoms with Crippen LogP contribution in [-0.2, 0) is 19.2 Å². The number of aliphatic carboxylic acids is 4. The first-order valence-electron chi connectivity index (χ1n) is 2.21. The molecule has 74 valence electrons. The van der Waals surface area contributed by atoms with E-state index < -0.39 is 23.9 Å². The largest absolute Gasteiger partial charge is 0.473 e. The van der Waals surface area contributed by atoms with Crippen LogP contribution in [0.15, 0.2) is 0 Å². The molecule has 9 heteroatoms. The van der Waals surface area contributed by atoms with Gasteiger partial charge in [0.15, 0.2) is 0 Å². The van der Waals surface area contributed by atoms with Crippen LogP contribution in [-0.4, -0.2) is 52.7 Å². The molecule has 0 unspecified atom stereocenters. The standard InChI is InChI=1S/2C2H2O4.BH3/c2*3-1(4)2(5)6;/h2*(H,3,4)(H,5,6);1H3. The lowest BCUT2D eigenvalue weighted by Gasteiger charge is -1.72. The Morgan fingerprint density at radius 1 is 0.538 bits per heavy atom. The molecule has 0 aromatic carbocycles. The number of carbonyl (C=O) groups is 4. The molecule has 0 radical (unpaired) electrons. The molecule has 0 saturated heterocycles. The fraction of sp³-hybridized carbons (Fsp3) is 0. The first-order valence-corrected chi connectivity index (χ1v) is 2.21. The van der Waals surface area contributed by atoms with Gasteiger partial charge in [-0.15, -0.1) is 0 Å². The Kier molecular flexibility index (Phi) is 10.6. The summed E-state index contributed by atoms with van der Waals surface area (Å²) >= 11 is 0. The van der Waals surface area contributed by atoms with E-state index in [-0.39, 0.29) is 8.41 Å². The van der Waals surface area contributed by atoms with E-state index in [1.54, 1.807) is 0 Å². The van der Waals surface area contributed by atoms with Crippen LogP contribution in [0.4, 0.5) is 0 Å². The molecule has 0 aromatic rings. The molecule has 13 heavy (non-hydrogen) atoms. The summed E-state index contributed by atoms with van der Waals surface area (Å²) in [5.41, 5.74) is 0. The first kappa shape index (κ1) is 17.1. The maximum absolute atomic E-state index is 9.10. The van der Waals surface area contributed by atoms with Gasteiger partial charge in [-0.2, -0.15) is 0 Å². The minimum Gasteiger partial charge on any atom is -0.473 e. The second-order valence-electron chi connectivity index (χ2n) is 1.22. The SMILES string of the molecule is B.O=C(O)C(=O)O.O=C(O)C(=O)O. The third-order valence-electron chi connectivity index (χ3n) is 0.366. The number of carboxylic acids is 4. The normalized spacial score (nSPS) is 6.77. The Hall–Kier alpha value is -2.06. The minimum atomic E-state index is -1.82. The zero-order valence-electron chi connectivity index (χ0n) is 5.42. The third-order valence-corrected chi connectivity index (χ3v) is 0.366. The molecule has 0 aliphatic rings. The molecule has 0 bridgehead atoms. The highest BCUT2D eigenvalue weighted by molar-refractivity contribution is 6.27. The van der Waals surface area contributed by atoms with Crippen LogP contribution in [0.25, 0.3) is 0 Å². The van der Waals surface area contributed by atoms with Crippen molar-refractivity contribution in [3.8, 4) is 0 Å². The molecule has 0 aliphatic heterocycles. The highest BCUT2D eigenvalue weighted by Crippen LogP contribution is 1.56. The van der Waals surface area contributed by atoms with Crippen LogP contribution in [0.2, 0.25) is 0 Å². The van der Waals surface area contributed by atoms with E-state index in [1.165, 1.54) is 0 Å². The summed E-state index contributed by atoms with van der Waals surface area (Å²) < 4.78 is 0. The van der Waals surface area contributed by atoms with E-state index in [9.17, 15) is 0 Å². The Balaban J connectivity index is -0.000000143. The van der Waals surface area contributed by atoms with Gasteiger partial charge in [-0.1, -0.05) is 0 Å². The summed E-state index contributed by atoms with van der Waals surface area (Å²) in [5.74, 6) is -7.30. The van der Waals surface area contributed by atoms with Crippen LogP contribution >= 0.6 is 0 Å². The maximum Gasteiger partial charge on any atom is 0.414 e. The summed E-state index contributed by atoms with van der Waals surface area (Å²) in [6.45, 7) is 0. The van der Waals surface area contributed by atoms with Crippen molar-refractivity contribution in [2.75, 3.05) is 0 Å². The molecule has 8 nitrogen and oxygen atoms in total. The van der Waals surface area contributed by atoms with Crippen LogP contribution in [0.1, 0.15) is 0 Å². The quantitative estimate of drug-likeness (QED) is 0.237. The second-order valence-corrected chi connectivity index (χ2v) is 1.22. The van der Waals surface area contributed by atoms with Crippen LogP contribution in [0.3, 0.4) is 0 Å². The Labute approximate surface area is 73.0 Å². The monoisotopic (exact) mass is 194 g/mol. The van der Waals surface area contributed by atoms with Crippen molar-refractivity contribution in [3.05, 3.63) is 0 Å². The molecule has 0 heterocycles. The number of carboxylic acid groups (broad SMARTS) is 4. The van der Waals surface area contributed by atoms with E-state index in [0.29, 0.717) is 0 Å². The topological polar surface area (TPSA) is 149 Å². The molecule has 0 amide bonds. The first-order chi connectivity index (χ1) is 5.29. The summed E-state index contributed by atoms with van der Waals surface area (Å²) in [5, 5.41) is 29.6. The maximum atomic E-state index is 9.10. The van der Waals surface area contributed by atoms with Crippen molar-refractivity contribution >= 4 is 32.3 Å². The Morgan fingerprint density at radius 2 is 0.615 bits per heavy atom. The summed E-state index contributed by atoms with van der Waals surface area (Å²) in [4.78, 5) is 36.4. The molecule has 0 aromatic heterocycles. The van der Waals surface area contributed by atoms with Gasteiger partial charge in [-0.25, -0.2) is 19.2 Å². The van der Waals surface area contributed by atoms with Crippen LogP contribution in [0, 0.1) is 0 Å². The Bertz CT molecular complexity index is 172. The van der Waals surface area contributed by atoms with E-state index >= 15 is 0 Å². The zero-order chi connectivity index (χ0) is 10.3. The predicted octanol–water partition coefficient (Wildman–Crippen LogP) is -2.87. The summed E-state index contributed by atoms with van der Waals surface area (Å²) in [6.07, 6.45) is 0. The van der Waals surface area contributed by atoms with Gasteiger partial charge in [0, 0.05) is 0 Å². The molecule has 0 spiro atoms. The molecule has 0 atom stereocenters. The molecule has 0 aliphatic carbocycles. The van der Waals surface area contributed by atoms with Crippen LogP contribution < -0.4 is 0 Å². The summed E-state index contributed by atoms with van der Waals surface area (Å²) in [6, 6.07) is 0. The van der Waals surface area contributed by atoms with Crippen molar-refractivity contribution in [2.24, 2.45) is 0 Å². The van der Waals surface area contributed by atoms with Gasteiger partial charge in [0.2, 0.25) is 0 Å². The van der Waals surface area contributed by atoms with Crippen LogP contribution in [0.5, 0.6) is 0 Å². The zero-order valence-corrected chi connectivity index (χ0v) is 5.42. The molecule has 4 N–H and O–H groups in total. The van der Waals surface area contributed by atoms with Gasteiger partial charge in [0.25, 0.3) is 0 Å². The van der Waals surface area contributed by atoms with E-state index in [2.05, 4.69) is 0 Å². The van der Waals surface area contributed by atoms with Crippen molar-refractivity contribution in [3.63, 3.8) is 0 Å². The number of hydrogen-bond donors (Lipinski definition) is 4. The van der Waals surface area contributed by atoms with Gasteiger partial charge in [-0.3, -0.25) is 0 Å². The highest BCUT2D eigenvalue weighted by atomic mass is 16.4. The summed E-state index contributed by atoms with van der Waals surface area (Å²) in [7, 11) is 0. The molecular formula is C4H7BO8. The van der Waals surface area contributed by atoms with Gasteiger partial charge in [0.05, 0.1) is 8.41 Å². The van der Waals surface area contributed by atoms with E-state index in [1.807, 2.05) is 0 Å². The number of hydrogen-bond acceptors (Lipinski definition) is 4. The molecule has 0 saturated carbocycles. The minimum absolute atomic E-state index is 0. The van der Waals surface area contributed by atoms with E-state index in [4.69, 9.17) is 39.6 Å². The molecular weight excluding hydrogens is 187 g/mol. The van der Waals surface area contributed by atoms with Gasteiger partial charge < -0.3 is 20.4 Å². The van der Waals surface area contributed by atoms with Gasteiger partial charge in [0.1, 0.15) is 0 Å². The lowest BCUT2D eigenvalue weighted by Crippen LogP contribution is -2.09. The lowest BCUT2D eigenvalue weighted by molar-refractivity contribution is -0.159. The predicted molar refractivity (Wildman–Crippen MR) is 40.5 cm³/mol. The third kappa shape index (κ3) is 17.8. The van der Waals surface area contributed by atoms with Crippen molar-refractivity contribution in [1.82, 2.24) is 0 Å². The van der Waals surface area contributed by atoms with Crippen molar-refractivity contribution in [1.29, 1.82) is 0 Å². The van der Waals surface area contributed by atoms with Crippen molar-refractivity contribution < 1.29 is 39.6 Å². The molecule has 0 fully saturated rings. The van der Waals surface area contributed by atoms with E-state index in [0.717, 1.165) is 0 Å². The average molecular weight is 194 g/mol.